The zero-order valence-electron chi connectivity index (χ0n) is 8.96. The maximum atomic E-state index is 5.61. The van der Waals surface area contributed by atoms with E-state index in [0.29, 0.717) is 0 Å². The van der Waals surface area contributed by atoms with Gasteiger partial charge in [0.15, 0.2) is 0 Å². The monoisotopic (exact) mass is 188 g/mol. The molecule has 0 saturated heterocycles. The second-order valence-corrected chi connectivity index (χ2v) is 3.29. The molecule has 1 aromatic carbocycles. The van der Waals surface area contributed by atoms with Crippen LogP contribution in [0.4, 0.5) is 0 Å². The van der Waals surface area contributed by atoms with E-state index in [4.69, 9.17) is 7.98 Å². The fourth-order valence-electron chi connectivity index (χ4n) is 1.26. The summed E-state index contributed by atoms with van der Waals surface area (Å²) in [6.07, 6.45) is 1.08. The molecule has 0 bridgehead atoms. The lowest BCUT2D eigenvalue weighted by atomic mass is 10.1. The van der Waals surface area contributed by atoms with Crippen LogP contribution < -0.4 is 5.43 Å². The predicted molar refractivity (Wildman–Crippen MR) is 60.8 cm³/mol. The molecule has 74 valence electrons. The first-order valence-electron chi connectivity index (χ1n) is 5.09. The third-order valence-electron chi connectivity index (χ3n) is 2.23. The first-order valence-corrected chi connectivity index (χ1v) is 5.09. The van der Waals surface area contributed by atoms with Crippen molar-refractivity contribution in [2.75, 3.05) is 6.54 Å². The van der Waals surface area contributed by atoms with Gasteiger partial charge in [-0.1, -0.05) is 38.1 Å². The standard InChI is InChI=1S/C11H17BN2/c1-3-10-6-5-7-11(8-10)9-13-14(12)4-2/h5-8,13H,3-4,9H2,1-2H3. The highest BCUT2D eigenvalue weighted by Crippen LogP contribution is 2.05. The van der Waals surface area contributed by atoms with Gasteiger partial charge < -0.3 is 0 Å². The van der Waals surface area contributed by atoms with E-state index in [-0.39, 0.29) is 0 Å². The number of aryl methyl sites for hydroxylation is 1. The molecule has 1 rings (SSSR count). The zero-order chi connectivity index (χ0) is 10.4. The summed E-state index contributed by atoms with van der Waals surface area (Å²) in [5.41, 5.74) is 5.75. The number of nitrogens with one attached hydrogen (secondary N) is 1. The molecule has 0 aliphatic heterocycles. The highest BCUT2D eigenvalue weighted by atomic mass is 15.4. The van der Waals surface area contributed by atoms with Crippen LogP contribution in [0.15, 0.2) is 24.3 Å². The Labute approximate surface area is 87.7 Å². The van der Waals surface area contributed by atoms with Crippen LogP contribution in [-0.2, 0) is 13.0 Å². The summed E-state index contributed by atoms with van der Waals surface area (Å²) >= 11 is 0. The summed E-state index contributed by atoms with van der Waals surface area (Å²) in [5.74, 6) is 0. The van der Waals surface area contributed by atoms with Crippen LogP contribution in [0.3, 0.4) is 0 Å². The number of nitrogens with zero attached hydrogens (tertiary/aromatic N) is 1. The van der Waals surface area contributed by atoms with Gasteiger partial charge in [0.05, 0.1) is 0 Å². The van der Waals surface area contributed by atoms with E-state index in [1.807, 2.05) is 6.92 Å². The van der Waals surface area contributed by atoms with Crippen molar-refractivity contribution in [1.82, 2.24) is 10.3 Å². The summed E-state index contributed by atoms with van der Waals surface area (Å²) in [6, 6.07) is 8.54. The normalized spacial score (nSPS) is 10.8. The van der Waals surface area contributed by atoms with Crippen LogP contribution in [0.5, 0.6) is 0 Å². The molecule has 0 spiro atoms. The average Bonchev–Trinajstić information content (AvgIpc) is 2.26. The topological polar surface area (TPSA) is 15.3 Å². The third-order valence-corrected chi connectivity index (χ3v) is 2.23. The molecule has 0 heterocycles. The number of hydrogen-bond donors (Lipinski definition) is 1. The summed E-state index contributed by atoms with van der Waals surface area (Å²) in [7, 11) is 5.61. The highest BCUT2D eigenvalue weighted by Gasteiger charge is 1.96. The number of hydrazine groups is 1. The van der Waals surface area contributed by atoms with Crippen molar-refractivity contribution in [3.05, 3.63) is 35.4 Å². The fraction of sp³-hybridized carbons (Fsp3) is 0.455. The van der Waals surface area contributed by atoms with Crippen molar-refractivity contribution in [2.24, 2.45) is 0 Å². The Balaban J connectivity index is 2.50. The first-order chi connectivity index (χ1) is 6.76. The van der Waals surface area contributed by atoms with Gasteiger partial charge in [-0.25, -0.2) is 0 Å². The molecule has 14 heavy (non-hydrogen) atoms. The molecular formula is C11H17BN2. The molecule has 0 atom stereocenters. The first kappa shape index (κ1) is 11.3. The van der Waals surface area contributed by atoms with Crippen LogP contribution in [-0.4, -0.2) is 19.4 Å². The molecule has 2 radical (unpaired) electrons. The van der Waals surface area contributed by atoms with Gasteiger partial charge in [-0.15, -0.1) is 0 Å². The number of rotatable bonds is 5. The van der Waals surface area contributed by atoms with Crippen LogP contribution in [0.1, 0.15) is 25.0 Å². The Morgan fingerprint density at radius 3 is 2.64 bits per heavy atom. The van der Waals surface area contributed by atoms with E-state index >= 15 is 0 Å². The fourth-order valence-corrected chi connectivity index (χ4v) is 1.26. The SMILES string of the molecule is [B]N(CC)NCc1cccc(CC)c1. The smallest absolute Gasteiger partial charge is 0.206 e. The molecule has 0 aromatic heterocycles. The quantitative estimate of drug-likeness (QED) is 0.558. The van der Waals surface area contributed by atoms with Gasteiger partial charge in [0.1, 0.15) is 0 Å². The van der Waals surface area contributed by atoms with Crippen molar-refractivity contribution in [3.8, 4) is 0 Å². The van der Waals surface area contributed by atoms with Crippen LogP contribution in [0.2, 0.25) is 0 Å². The molecule has 0 fully saturated rings. The second kappa shape index (κ2) is 5.84. The van der Waals surface area contributed by atoms with Gasteiger partial charge in [0.2, 0.25) is 7.98 Å². The van der Waals surface area contributed by atoms with Gasteiger partial charge in [-0.2, -0.15) is 0 Å². The molecule has 2 nitrogen and oxygen atoms in total. The van der Waals surface area contributed by atoms with Gasteiger partial charge in [0, 0.05) is 6.54 Å². The summed E-state index contributed by atoms with van der Waals surface area (Å²) in [5, 5.41) is 0. The van der Waals surface area contributed by atoms with E-state index in [9.17, 15) is 0 Å². The largest absolute Gasteiger partial charge is 0.298 e. The minimum Gasteiger partial charge on any atom is -0.298 e. The molecule has 0 aliphatic rings. The molecular weight excluding hydrogens is 171 g/mol. The van der Waals surface area contributed by atoms with Gasteiger partial charge >= 0.3 is 0 Å². The Morgan fingerprint density at radius 1 is 1.29 bits per heavy atom. The van der Waals surface area contributed by atoms with Crippen molar-refractivity contribution < 1.29 is 0 Å². The second-order valence-electron chi connectivity index (χ2n) is 3.29. The van der Waals surface area contributed by atoms with E-state index in [1.54, 1.807) is 4.92 Å². The predicted octanol–water partition coefficient (Wildman–Crippen LogP) is 1.66. The van der Waals surface area contributed by atoms with Crippen molar-refractivity contribution in [3.63, 3.8) is 0 Å². The zero-order valence-corrected chi connectivity index (χ0v) is 8.96. The Morgan fingerprint density at radius 2 is 2.00 bits per heavy atom. The lowest BCUT2D eigenvalue weighted by molar-refractivity contribution is 0.347. The van der Waals surface area contributed by atoms with E-state index in [1.165, 1.54) is 11.1 Å². The van der Waals surface area contributed by atoms with E-state index in [0.717, 1.165) is 19.5 Å². The number of benzene rings is 1. The summed E-state index contributed by atoms with van der Waals surface area (Å²) < 4.78 is 0. The third kappa shape index (κ3) is 3.52. The van der Waals surface area contributed by atoms with Gasteiger partial charge in [0.25, 0.3) is 0 Å². The molecule has 0 aliphatic carbocycles. The van der Waals surface area contributed by atoms with Crippen molar-refractivity contribution >= 4 is 7.98 Å². The Hall–Kier alpha value is -0.795. The van der Waals surface area contributed by atoms with E-state index in [2.05, 4.69) is 36.6 Å². The number of hydrogen-bond acceptors (Lipinski definition) is 2. The molecule has 0 amide bonds. The van der Waals surface area contributed by atoms with E-state index < -0.39 is 0 Å². The van der Waals surface area contributed by atoms with Gasteiger partial charge in [-0.3, -0.25) is 10.3 Å². The molecule has 1 aromatic rings. The summed E-state index contributed by atoms with van der Waals surface area (Å²) in [6.45, 7) is 5.76. The molecule has 1 N–H and O–H groups in total. The Kier molecular flexibility index (Phi) is 4.70. The molecule has 3 heteroatoms. The van der Waals surface area contributed by atoms with Crippen LogP contribution >= 0.6 is 0 Å². The lowest BCUT2D eigenvalue weighted by Crippen LogP contribution is -2.34. The summed E-state index contributed by atoms with van der Waals surface area (Å²) in [4.78, 5) is 1.60. The Bertz CT molecular complexity index is 276. The highest BCUT2D eigenvalue weighted by molar-refractivity contribution is 6.03. The maximum absolute atomic E-state index is 5.61. The van der Waals surface area contributed by atoms with Crippen molar-refractivity contribution in [2.45, 2.75) is 26.8 Å². The van der Waals surface area contributed by atoms with Crippen molar-refractivity contribution in [1.29, 1.82) is 0 Å². The van der Waals surface area contributed by atoms with Crippen LogP contribution in [0.25, 0.3) is 0 Å². The minimum absolute atomic E-state index is 0.790. The average molecular weight is 188 g/mol. The molecule has 0 unspecified atom stereocenters. The molecule has 0 saturated carbocycles. The minimum atomic E-state index is 0.790. The lowest BCUT2D eigenvalue weighted by Gasteiger charge is -2.16. The maximum Gasteiger partial charge on any atom is 0.206 e. The van der Waals surface area contributed by atoms with Crippen LogP contribution in [0, 0.1) is 0 Å². The van der Waals surface area contributed by atoms with Gasteiger partial charge in [-0.05, 0) is 24.1 Å².